The maximum Gasteiger partial charge on any atom is 0.337 e. The maximum absolute atomic E-state index is 12.5. The number of nitrogens with one attached hydrogen (secondary N) is 2. The number of sulfonamides is 1. The first-order chi connectivity index (χ1) is 12.3. The van der Waals surface area contributed by atoms with Crippen LogP contribution in [0.2, 0.25) is 0 Å². The van der Waals surface area contributed by atoms with Crippen molar-refractivity contribution in [2.24, 2.45) is 5.92 Å². The Kier molecular flexibility index (Phi) is 7.23. The molecule has 3 N–H and O–H groups in total. The molecule has 0 saturated carbocycles. The van der Waals surface area contributed by atoms with Gasteiger partial charge >= 0.3 is 5.97 Å². The van der Waals surface area contributed by atoms with Gasteiger partial charge in [-0.15, -0.1) is 0 Å². The van der Waals surface area contributed by atoms with Crippen molar-refractivity contribution in [3.05, 3.63) is 35.4 Å². The van der Waals surface area contributed by atoms with Crippen LogP contribution in [-0.4, -0.2) is 32.6 Å². The van der Waals surface area contributed by atoms with Gasteiger partial charge < -0.3 is 10.4 Å². The Hall–Kier alpha value is -1.86. The molecule has 6 nitrogen and oxygen atoms in total. The molecule has 144 valence electrons. The third-order valence-corrected chi connectivity index (χ3v) is 5.81. The molecule has 1 aliphatic carbocycles. The van der Waals surface area contributed by atoms with E-state index in [1.165, 1.54) is 30.2 Å². The molecule has 7 heteroatoms. The van der Waals surface area contributed by atoms with Crippen LogP contribution in [0.4, 0.5) is 5.69 Å². The second-order valence-electron chi connectivity index (χ2n) is 7.04. The molecule has 0 amide bonds. The van der Waals surface area contributed by atoms with Gasteiger partial charge in [0.25, 0.3) is 0 Å². The van der Waals surface area contributed by atoms with E-state index in [0.29, 0.717) is 31.1 Å². The molecule has 0 aliphatic heterocycles. The van der Waals surface area contributed by atoms with E-state index in [9.17, 15) is 18.3 Å². The number of benzene rings is 1. The van der Waals surface area contributed by atoms with E-state index in [-0.39, 0.29) is 10.5 Å². The minimum absolute atomic E-state index is 0.0254. The Balaban J connectivity index is 2.08. The Bertz CT molecular complexity index is 770. The lowest BCUT2D eigenvalue weighted by atomic mass is 9.97. The topological polar surface area (TPSA) is 95.5 Å². The van der Waals surface area contributed by atoms with Gasteiger partial charge in [-0.2, -0.15) is 0 Å². The van der Waals surface area contributed by atoms with Gasteiger partial charge in [0.15, 0.2) is 0 Å². The maximum atomic E-state index is 12.5. The molecule has 0 fully saturated rings. The van der Waals surface area contributed by atoms with Crippen molar-refractivity contribution in [3.63, 3.8) is 0 Å². The molecule has 1 aromatic rings. The highest BCUT2D eigenvalue weighted by atomic mass is 32.2. The summed E-state index contributed by atoms with van der Waals surface area (Å²) in [5.74, 6) is -0.809. The van der Waals surface area contributed by atoms with Crippen LogP contribution in [0.25, 0.3) is 0 Å². The monoisotopic (exact) mass is 380 g/mol. The molecule has 1 aromatic carbocycles. The van der Waals surface area contributed by atoms with E-state index >= 15 is 0 Å². The first-order valence-corrected chi connectivity index (χ1v) is 10.6. The van der Waals surface area contributed by atoms with E-state index in [1.54, 1.807) is 0 Å². The van der Waals surface area contributed by atoms with Gasteiger partial charge in [0.05, 0.1) is 10.5 Å². The Morgan fingerprint density at radius 1 is 1.27 bits per heavy atom. The number of carbonyl (C=O) groups is 1. The zero-order valence-corrected chi connectivity index (χ0v) is 16.2. The number of aromatic carboxylic acids is 1. The lowest BCUT2D eigenvalue weighted by molar-refractivity contribution is 0.0697. The summed E-state index contributed by atoms with van der Waals surface area (Å²) in [6.45, 7) is 4.96. The van der Waals surface area contributed by atoms with Gasteiger partial charge in [-0.25, -0.2) is 17.9 Å². The van der Waals surface area contributed by atoms with E-state index in [4.69, 9.17) is 0 Å². The van der Waals surface area contributed by atoms with Crippen LogP contribution in [0.3, 0.4) is 0 Å². The molecule has 0 heterocycles. The number of rotatable bonds is 9. The summed E-state index contributed by atoms with van der Waals surface area (Å²) in [5.41, 5.74) is 1.68. The molecule has 1 aliphatic rings. The van der Waals surface area contributed by atoms with Crippen molar-refractivity contribution in [1.82, 2.24) is 4.72 Å². The zero-order chi connectivity index (χ0) is 19.2. The summed E-state index contributed by atoms with van der Waals surface area (Å²) in [6.07, 6.45) is 7.33. The van der Waals surface area contributed by atoms with Crippen molar-refractivity contribution < 1.29 is 18.3 Å². The first kappa shape index (κ1) is 20.5. The van der Waals surface area contributed by atoms with Crippen molar-refractivity contribution >= 4 is 21.7 Å². The number of anilines is 1. The van der Waals surface area contributed by atoms with Crippen LogP contribution in [0, 0.1) is 5.92 Å². The highest BCUT2D eigenvalue weighted by molar-refractivity contribution is 7.89. The number of carboxylic acid groups (broad SMARTS) is 1. The Morgan fingerprint density at radius 2 is 2.04 bits per heavy atom. The SMILES string of the molecule is CC(C)CNc1ccc(S(=O)(=O)NCCC2=CCCCC2)cc1C(=O)O. The Labute approximate surface area is 155 Å². The molecule has 26 heavy (non-hydrogen) atoms. The lowest BCUT2D eigenvalue weighted by Crippen LogP contribution is -2.25. The van der Waals surface area contributed by atoms with Gasteiger partial charge in [-0.05, 0) is 56.2 Å². The van der Waals surface area contributed by atoms with E-state index in [0.717, 1.165) is 19.3 Å². The number of carboxylic acids is 1. The summed E-state index contributed by atoms with van der Waals surface area (Å²) in [7, 11) is -3.73. The predicted molar refractivity (Wildman–Crippen MR) is 103 cm³/mol. The fourth-order valence-electron chi connectivity index (χ4n) is 2.90. The zero-order valence-electron chi connectivity index (χ0n) is 15.4. The normalized spacial score (nSPS) is 15.0. The van der Waals surface area contributed by atoms with Gasteiger partial charge in [-0.3, -0.25) is 0 Å². The van der Waals surface area contributed by atoms with E-state index in [2.05, 4.69) is 16.1 Å². The number of allylic oxidation sites excluding steroid dienone is 1. The summed E-state index contributed by atoms with van der Waals surface area (Å²) >= 11 is 0. The van der Waals surface area contributed by atoms with Crippen molar-refractivity contribution in [2.75, 3.05) is 18.4 Å². The number of hydrogen-bond acceptors (Lipinski definition) is 4. The van der Waals surface area contributed by atoms with Gasteiger partial charge in [0, 0.05) is 18.8 Å². The van der Waals surface area contributed by atoms with Gasteiger partial charge in [-0.1, -0.05) is 25.5 Å². The number of hydrogen-bond donors (Lipinski definition) is 3. The molecule has 0 spiro atoms. The third-order valence-electron chi connectivity index (χ3n) is 4.36. The largest absolute Gasteiger partial charge is 0.478 e. The van der Waals surface area contributed by atoms with Crippen molar-refractivity contribution in [2.45, 2.75) is 50.8 Å². The van der Waals surface area contributed by atoms with E-state index in [1.807, 2.05) is 13.8 Å². The average Bonchev–Trinajstić information content (AvgIpc) is 2.60. The fourth-order valence-corrected chi connectivity index (χ4v) is 3.95. The van der Waals surface area contributed by atoms with Crippen LogP contribution in [0.5, 0.6) is 0 Å². The quantitative estimate of drug-likeness (QED) is 0.569. The average molecular weight is 381 g/mol. The summed E-state index contributed by atoms with van der Waals surface area (Å²) in [4.78, 5) is 11.5. The van der Waals surface area contributed by atoms with Crippen molar-refractivity contribution in [1.29, 1.82) is 0 Å². The van der Waals surface area contributed by atoms with Crippen LogP contribution in [0.1, 0.15) is 56.3 Å². The molecule has 0 saturated heterocycles. The summed E-state index contributed by atoms with van der Waals surface area (Å²) in [6, 6.07) is 4.18. The van der Waals surface area contributed by atoms with E-state index < -0.39 is 16.0 Å². The minimum atomic E-state index is -3.73. The minimum Gasteiger partial charge on any atom is -0.478 e. The standard InChI is InChI=1S/C19H28N2O4S/c1-14(2)13-20-18-9-8-16(12-17(18)19(22)23)26(24,25)21-11-10-15-6-4-3-5-7-15/h6,8-9,12,14,20-21H,3-5,7,10-11,13H2,1-2H3,(H,22,23). The second-order valence-corrected chi connectivity index (χ2v) is 8.81. The second kappa shape index (κ2) is 9.19. The molecule has 0 aromatic heterocycles. The molecule has 0 atom stereocenters. The first-order valence-electron chi connectivity index (χ1n) is 9.08. The summed E-state index contributed by atoms with van der Waals surface area (Å²) in [5, 5.41) is 12.5. The molecular weight excluding hydrogens is 352 g/mol. The Morgan fingerprint density at radius 3 is 2.65 bits per heavy atom. The molecule has 0 radical (unpaired) electrons. The van der Waals surface area contributed by atoms with Crippen molar-refractivity contribution in [3.8, 4) is 0 Å². The van der Waals surface area contributed by atoms with Gasteiger partial charge in [0.2, 0.25) is 10.0 Å². The smallest absolute Gasteiger partial charge is 0.337 e. The summed E-state index contributed by atoms with van der Waals surface area (Å²) < 4.78 is 27.5. The third kappa shape index (κ3) is 5.85. The predicted octanol–water partition coefficient (Wildman–Crippen LogP) is 3.62. The highest BCUT2D eigenvalue weighted by Gasteiger charge is 2.19. The molecular formula is C19H28N2O4S. The van der Waals surface area contributed by atoms with Gasteiger partial charge in [0.1, 0.15) is 0 Å². The molecule has 2 rings (SSSR count). The molecule has 0 bridgehead atoms. The van der Waals surface area contributed by atoms with Crippen LogP contribution >= 0.6 is 0 Å². The molecule has 0 unspecified atom stereocenters. The highest BCUT2D eigenvalue weighted by Crippen LogP contribution is 2.22. The van der Waals surface area contributed by atoms with Crippen LogP contribution < -0.4 is 10.0 Å². The van der Waals surface area contributed by atoms with Crippen LogP contribution in [-0.2, 0) is 10.0 Å². The van der Waals surface area contributed by atoms with Crippen LogP contribution in [0.15, 0.2) is 34.7 Å². The lowest BCUT2D eigenvalue weighted by Gasteiger charge is -2.15. The fraction of sp³-hybridized carbons (Fsp3) is 0.526.